The number of nitrogens with zero attached hydrogens (tertiary/aromatic N) is 2. The molecule has 0 bridgehead atoms. The molecule has 1 aromatic heterocycles. The van der Waals surface area contributed by atoms with Gasteiger partial charge in [0.15, 0.2) is 0 Å². The minimum absolute atomic E-state index is 0.0282. The van der Waals surface area contributed by atoms with Crippen LogP contribution in [-0.4, -0.2) is 28.5 Å². The van der Waals surface area contributed by atoms with Gasteiger partial charge in [0.2, 0.25) is 5.91 Å². The fourth-order valence-electron chi connectivity index (χ4n) is 2.89. The minimum Gasteiger partial charge on any atom is -0.486 e. The van der Waals surface area contributed by atoms with E-state index in [1.165, 1.54) is 6.33 Å². The van der Waals surface area contributed by atoms with Gasteiger partial charge in [-0.25, -0.2) is 9.97 Å². The topological polar surface area (TPSA) is 64.1 Å². The van der Waals surface area contributed by atoms with Gasteiger partial charge in [-0.05, 0) is 23.1 Å². The van der Waals surface area contributed by atoms with Crippen LogP contribution < -0.4 is 10.1 Å². The first-order valence-electron chi connectivity index (χ1n) is 8.33. The Morgan fingerprint density at radius 2 is 2.00 bits per heavy atom. The first kappa shape index (κ1) is 17.7. The molecule has 6 heteroatoms. The standard InChI is InChI=1S/C19H22ClN3O2/c1-19(2,3)7-17(24)23-10-15-5-13-4-12(6-16(20)18(13)25-15)14-8-21-11-22-9-14/h4,6,8-9,11,15H,5,7,10H2,1-3H3,(H,23,24)/t15-/m1/s1. The van der Waals surface area contributed by atoms with Crippen LogP contribution in [-0.2, 0) is 11.2 Å². The van der Waals surface area contributed by atoms with Crippen LogP contribution in [0.5, 0.6) is 5.75 Å². The van der Waals surface area contributed by atoms with E-state index in [1.54, 1.807) is 12.4 Å². The summed E-state index contributed by atoms with van der Waals surface area (Å²) in [5.41, 5.74) is 2.89. The van der Waals surface area contributed by atoms with E-state index in [0.717, 1.165) is 16.7 Å². The molecule has 0 aliphatic carbocycles. The van der Waals surface area contributed by atoms with E-state index >= 15 is 0 Å². The molecule has 0 saturated carbocycles. The van der Waals surface area contributed by atoms with E-state index in [9.17, 15) is 4.79 Å². The van der Waals surface area contributed by atoms with Crippen LogP contribution in [0.4, 0.5) is 0 Å². The molecule has 2 aromatic rings. The van der Waals surface area contributed by atoms with Gasteiger partial charge >= 0.3 is 0 Å². The van der Waals surface area contributed by atoms with Crippen molar-refractivity contribution in [3.63, 3.8) is 0 Å². The lowest BCUT2D eigenvalue weighted by Crippen LogP contribution is -2.36. The average molecular weight is 360 g/mol. The lowest BCUT2D eigenvalue weighted by Gasteiger charge is -2.18. The molecule has 1 N–H and O–H groups in total. The van der Waals surface area contributed by atoms with Gasteiger partial charge in [-0.3, -0.25) is 4.79 Å². The number of ether oxygens (including phenoxy) is 1. The largest absolute Gasteiger partial charge is 0.486 e. The molecule has 1 aliphatic rings. The Hall–Kier alpha value is -2.14. The van der Waals surface area contributed by atoms with Gasteiger partial charge < -0.3 is 10.1 Å². The summed E-state index contributed by atoms with van der Waals surface area (Å²) >= 11 is 6.39. The predicted molar refractivity (Wildman–Crippen MR) is 97.7 cm³/mol. The van der Waals surface area contributed by atoms with Crippen molar-refractivity contribution in [3.8, 4) is 16.9 Å². The van der Waals surface area contributed by atoms with E-state index in [0.29, 0.717) is 30.2 Å². The number of nitrogens with one attached hydrogen (secondary N) is 1. The van der Waals surface area contributed by atoms with Gasteiger partial charge in [0, 0.05) is 36.4 Å². The highest BCUT2D eigenvalue weighted by molar-refractivity contribution is 6.32. The zero-order chi connectivity index (χ0) is 18.0. The van der Waals surface area contributed by atoms with Gasteiger partial charge in [-0.1, -0.05) is 32.4 Å². The summed E-state index contributed by atoms with van der Waals surface area (Å²) in [6, 6.07) is 3.91. The van der Waals surface area contributed by atoms with Crippen molar-refractivity contribution < 1.29 is 9.53 Å². The highest BCUT2D eigenvalue weighted by atomic mass is 35.5. The number of hydrogen-bond donors (Lipinski definition) is 1. The molecule has 2 heterocycles. The number of benzene rings is 1. The fourth-order valence-corrected chi connectivity index (χ4v) is 3.17. The Kier molecular flexibility index (Phi) is 4.95. The van der Waals surface area contributed by atoms with E-state index in [4.69, 9.17) is 16.3 Å². The van der Waals surface area contributed by atoms with Gasteiger partial charge in [0.05, 0.1) is 11.6 Å². The van der Waals surface area contributed by atoms with Crippen LogP contribution in [0, 0.1) is 5.41 Å². The maximum absolute atomic E-state index is 12.0. The Balaban J connectivity index is 1.67. The van der Waals surface area contributed by atoms with Gasteiger partial charge in [0.25, 0.3) is 0 Å². The number of amides is 1. The zero-order valence-corrected chi connectivity index (χ0v) is 15.4. The van der Waals surface area contributed by atoms with Crippen molar-refractivity contribution in [3.05, 3.63) is 41.4 Å². The van der Waals surface area contributed by atoms with Crippen molar-refractivity contribution in [2.45, 2.75) is 39.7 Å². The predicted octanol–water partition coefficient (Wildman–Crippen LogP) is 3.65. The molecule has 1 aliphatic heterocycles. The molecular weight excluding hydrogens is 338 g/mol. The lowest BCUT2D eigenvalue weighted by atomic mass is 9.92. The van der Waals surface area contributed by atoms with Crippen molar-refractivity contribution in [2.24, 2.45) is 5.41 Å². The lowest BCUT2D eigenvalue weighted by molar-refractivity contribution is -0.123. The van der Waals surface area contributed by atoms with Crippen LogP contribution in [0.25, 0.3) is 11.1 Å². The monoisotopic (exact) mass is 359 g/mol. The smallest absolute Gasteiger partial charge is 0.220 e. The third kappa shape index (κ3) is 4.48. The Bertz CT molecular complexity index is 772. The van der Waals surface area contributed by atoms with E-state index in [2.05, 4.69) is 21.4 Å². The first-order chi connectivity index (χ1) is 11.8. The molecule has 1 amide bonds. The summed E-state index contributed by atoms with van der Waals surface area (Å²) < 4.78 is 5.93. The number of halogens is 1. The molecular formula is C19H22ClN3O2. The molecule has 0 unspecified atom stereocenters. The van der Waals surface area contributed by atoms with Crippen molar-refractivity contribution >= 4 is 17.5 Å². The Morgan fingerprint density at radius 3 is 2.68 bits per heavy atom. The number of carbonyl (C=O) groups excluding carboxylic acids is 1. The summed E-state index contributed by atoms with van der Waals surface area (Å²) in [6.45, 7) is 6.61. The van der Waals surface area contributed by atoms with Crippen LogP contribution in [0.3, 0.4) is 0 Å². The van der Waals surface area contributed by atoms with Gasteiger partial charge in [-0.15, -0.1) is 0 Å². The van der Waals surface area contributed by atoms with E-state index in [-0.39, 0.29) is 17.4 Å². The van der Waals surface area contributed by atoms with Gasteiger partial charge in [-0.2, -0.15) is 0 Å². The van der Waals surface area contributed by atoms with Crippen molar-refractivity contribution in [1.29, 1.82) is 0 Å². The van der Waals surface area contributed by atoms with Gasteiger partial charge in [0.1, 0.15) is 18.2 Å². The second-order valence-corrected chi connectivity index (χ2v) is 7.97. The Morgan fingerprint density at radius 1 is 1.28 bits per heavy atom. The number of carbonyl (C=O) groups is 1. The SMILES string of the molecule is CC(C)(C)CC(=O)NC[C@H]1Cc2cc(-c3cncnc3)cc(Cl)c2O1. The summed E-state index contributed by atoms with van der Waals surface area (Å²) in [6.07, 6.45) is 6.12. The molecule has 0 radical (unpaired) electrons. The average Bonchev–Trinajstić information content (AvgIpc) is 2.96. The van der Waals surface area contributed by atoms with Crippen molar-refractivity contribution in [1.82, 2.24) is 15.3 Å². The second-order valence-electron chi connectivity index (χ2n) is 7.56. The first-order valence-corrected chi connectivity index (χ1v) is 8.71. The summed E-state index contributed by atoms with van der Waals surface area (Å²) in [5.74, 6) is 0.748. The third-order valence-corrected chi connectivity index (χ3v) is 4.25. The summed E-state index contributed by atoms with van der Waals surface area (Å²) in [5, 5.41) is 3.52. The maximum atomic E-state index is 12.0. The summed E-state index contributed by atoms with van der Waals surface area (Å²) in [7, 11) is 0. The quantitative estimate of drug-likeness (QED) is 0.904. The second kappa shape index (κ2) is 7.00. The molecule has 0 saturated heterocycles. The normalized spacial score (nSPS) is 16.2. The molecule has 5 nitrogen and oxygen atoms in total. The third-order valence-electron chi connectivity index (χ3n) is 3.96. The molecule has 3 rings (SSSR count). The summed E-state index contributed by atoms with van der Waals surface area (Å²) in [4.78, 5) is 20.1. The van der Waals surface area contributed by atoms with E-state index < -0.39 is 0 Å². The molecule has 0 spiro atoms. The van der Waals surface area contributed by atoms with Crippen LogP contribution in [0.15, 0.2) is 30.9 Å². The number of aromatic nitrogens is 2. The highest BCUT2D eigenvalue weighted by Gasteiger charge is 2.27. The van der Waals surface area contributed by atoms with Crippen molar-refractivity contribution in [2.75, 3.05) is 6.54 Å². The van der Waals surface area contributed by atoms with Crippen LogP contribution in [0.1, 0.15) is 32.8 Å². The zero-order valence-electron chi connectivity index (χ0n) is 14.7. The number of fused-ring (bicyclic) bond motifs is 1. The molecule has 1 atom stereocenters. The molecule has 1 aromatic carbocycles. The fraction of sp³-hybridized carbons (Fsp3) is 0.421. The number of rotatable bonds is 4. The van der Waals surface area contributed by atoms with Crippen LogP contribution in [0.2, 0.25) is 5.02 Å². The molecule has 132 valence electrons. The molecule has 0 fully saturated rings. The highest BCUT2D eigenvalue weighted by Crippen LogP contribution is 2.39. The maximum Gasteiger partial charge on any atom is 0.220 e. The Labute approximate surface area is 152 Å². The molecule has 25 heavy (non-hydrogen) atoms. The van der Waals surface area contributed by atoms with Crippen LogP contribution >= 0.6 is 11.6 Å². The minimum atomic E-state index is -0.0984. The van der Waals surface area contributed by atoms with E-state index in [1.807, 2.05) is 26.8 Å². The number of hydrogen-bond acceptors (Lipinski definition) is 4.